The molecule has 0 saturated heterocycles. The molecule has 5 rings (SSSR count). The van der Waals surface area contributed by atoms with Crippen LogP contribution in [0.5, 0.6) is 0 Å². The molecule has 2 aromatic rings. The number of hydrogen-bond acceptors (Lipinski definition) is 3. The lowest BCUT2D eigenvalue weighted by Gasteiger charge is -2.32. The summed E-state index contributed by atoms with van der Waals surface area (Å²) < 4.78 is 0. The fourth-order valence-electron chi connectivity index (χ4n) is 6.12. The molecule has 5 heteroatoms. The van der Waals surface area contributed by atoms with Gasteiger partial charge in [-0.3, -0.25) is 4.90 Å². The molecule has 35 heavy (non-hydrogen) atoms. The third-order valence-corrected chi connectivity index (χ3v) is 8.09. The number of para-hydroxylation sites is 1. The normalized spacial score (nSPS) is 21.3. The van der Waals surface area contributed by atoms with Gasteiger partial charge in [0.05, 0.1) is 23.1 Å². The molecule has 0 aromatic heterocycles. The van der Waals surface area contributed by atoms with Gasteiger partial charge in [-0.05, 0) is 56.0 Å². The highest BCUT2D eigenvalue weighted by Crippen LogP contribution is 2.38. The van der Waals surface area contributed by atoms with Crippen LogP contribution in [0.25, 0.3) is 0 Å². The van der Waals surface area contributed by atoms with Gasteiger partial charge in [0.1, 0.15) is 0 Å². The Balaban J connectivity index is 1.60. The van der Waals surface area contributed by atoms with Crippen molar-refractivity contribution in [2.75, 3.05) is 10.6 Å². The highest BCUT2D eigenvalue weighted by molar-refractivity contribution is 6.13. The fourth-order valence-corrected chi connectivity index (χ4v) is 6.12. The number of nitrogens with two attached hydrogens (primary N) is 1. The lowest BCUT2D eigenvalue weighted by Crippen LogP contribution is -2.43. The van der Waals surface area contributed by atoms with E-state index in [1.165, 1.54) is 51.4 Å². The average Bonchev–Trinajstić information content (AvgIpc) is 3.02. The second kappa shape index (κ2) is 11.3. The van der Waals surface area contributed by atoms with Crippen LogP contribution in [0, 0.1) is 5.92 Å². The molecule has 2 fully saturated rings. The summed E-state index contributed by atoms with van der Waals surface area (Å²) in [5, 5.41) is 7.19. The Labute approximate surface area is 210 Å². The lowest BCUT2D eigenvalue weighted by molar-refractivity contribution is 0.174. The minimum absolute atomic E-state index is 0.0323. The van der Waals surface area contributed by atoms with Gasteiger partial charge in [0.15, 0.2) is 0 Å². The Bertz CT molecular complexity index is 1010. The molecule has 1 aliphatic heterocycles. The molecule has 0 unspecified atom stereocenters. The third-order valence-electron chi connectivity index (χ3n) is 8.09. The molecule has 0 atom stereocenters. The van der Waals surface area contributed by atoms with E-state index in [-0.39, 0.29) is 12.1 Å². The first-order valence-corrected chi connectivity index (χ1v) is 13.9. The van der Waals surface area contributed by atoms with Gasteiger partial charge in [-0.15, -0.1) is 0 Å². The zero-order valence-corrected chi connectivity index (χ0v) is 21.0. The van der Waals surface area contributed by atoms with Gasteiger partial charge in [0.25, 0.3) is 0 Å². The van der Waals surface area contributed by atoms with Crippen molar-refractivity contribution in [3.63, 3.8) is 0 Å². The summed E-state index contributed by atoms with van der Waals surface area (Å²) in [5.41, 5.74) is 10.7. The van der Waals surface area contributed by atoms with Crippen LogP contribution in [0.15, 0.2) is 53.6 Å². The maximum absolute atomic E-state index is 14.4. The highest BCUT2D eigenvalue weighted by Gasteiger charge is 2.36. The van der Waals surface area contributed by atoms with E-state index in [1.807, 2.05) is 40.2 Å². The van der Waals surface area contributed by atoms with E-state index in [0.717, 1.165) is 61.2 Å². The molecule has 0 bridgehead atoms. The van der Waals surface area contributed by atoms with Crippen molar-refractivity contribution in [2.45, 2.75) is 95.9 Å². The van der Waals surface area contributed by atoms with Crippen LogP contribution in [-0.4, -0.2) is 22.8 Å². The van der Waals surface area contributed by atoms with E-state index in [2.05, 4.69) is 18.2 Å². The van der Waals surface area contributed by atoms with Gasteiger partial charge in [-0.2, -0.15) is 5.10 Å². The summed E-state index contributed by atoms with van der Waals surface area (Å²) in [4.78, 5) is 16.3. The van der Waals surface area contributed by atoms with Crippen molar-refractivity contribution in [1.82, 2.24) is 5.01 Å². The van der Waals surface area contributed by atoms with Crippen LogP contribution < -0.4 is 10.6 Å². The van der Waals surface area contributed by atoms with E-state index in [1.54, 1.807) is 0 Å². The van der Waals surface area contributed by atoms with Crippen LogP contribution in [0.2, 0.25) is 0 Å². The van der Waals surface area contributed by atoms with Gasteiger partial charge >= 0.3 is 6.03 Å². The number of hydrogen-bond donors (Lipinski definition) is 1. The molecule has 1 heterocycles. The molecule has 2 saturated carbocycles. The number of hydrazone groups is 1. The average molecular weight is 473 g/mol. The molecular formula is C30H40N4O. The molecule has 0 spiro atoms. The SMILES string of the molecule is Nc1ccc(N2C(=O)N(C3CCCCCCCCC3)N=C(C3CCCCC3)c3ccccc32)cc1. The minimum Gasteiger partial charge on any atom is -0.399 e. The van der Waals surface area contributed by atoms with E-state index in [4.69, 9.17) is 10.8 Å². The van der Waals surface area contributed by atoms with Gasteiger partial charge in [-0.25, -0.2) is 9.80 Å². The first kappa shape index (κ1) is 23.9. The largest absolute Gasteiger partial charge is 0.399 e. The number of carbonyl (C=O) groups excluding carboxylic acids is 1. The number of rotatable bonds is 3. The molecule has 2 aliphatic carbocycles. The van der Waals surface area contributed by atoms with Gasteiger partial charge < -0.3 is 5.73 Å². The predicted molar refractivity (Wildman–Crippen MR) is 145 cm³/mol. The van der Waals surface area contributed by atoms with Crippen molar-refractivity contribution in [2.24, 2.45) is 11.0 Å². The smallest absolute Gasteiger partial charge is 0.349 e. The van der Waals surface area contributed by atoms with E-state index < -0.39 is 0 Å². The fraction of sp³-hybridized carbons (Fsp3) is 0.533. The summed E-state index contributed by atoms with van der Waals surface area (Å²) in [6.45, 7) is 0. The van der Waals surface area contributed by atoms with Crippen molar-refractivity contribution < 1.29 is 4.79 Å². The molecular weight excluding hydrogens is 432 g/mol. The van der Waals surface area contributed by atoms with Gasteiger partial charge in [0, 0.05) is 17.2 Å². The zero-order chi connectivity index (χ0) is 24.0. The van der Waals surface area contributed by atoms with Crippen LogP contribution in [0.4, 0.5) is 21.9 Å². The van der Waals surface area contributed by atoms with Crippen LogP contribution in [0.3, 0.4) is 0 Å². The number of amides is 2. The van der Waals surface area contributed by atoms with Crippen LogP contribution in [-0.2, 0) is 0 Å². The summed E-state index contributed by atoms with van der Waals surface area (Å²) in [6, 6.07) is 16.2. The lowest BCUT2D eigenvalue weighted by atomic mass is 9.83. The summed E-state index contributed by atoms with van der Waals surface area (Å²) in [7, 11) is 0. The first-order valence-electron chi connectivity index (χ1n) is 13.9. The maximum atomic E-state index is 14.4. The molecule has 3 aliphatic rings. The zero-order valence-electron chi connectivity index (χ0n) is 21.0. The van der Waals surface area contributed by atoms with E-state index >= 15 is 0 Å². The number of nitrogens with zero attached hydrogens (tertiary/aromatic N) is 3. The highest BCUT2D eigenvalue weighted by atomic mass is 16.2. The summed E-state index contributed by atoms with van der Waals surface area (Å²) in [5.74, 6) is 0.408. The van der Waals surface area contributed by atoms with E-state index in [9.17, 15) is 4.79 Å². The Morgan fingerprint density at radius 2 is 1.29 bits per heavy atom. The molecule has 2 amide bonds. The van der Waals surface area contributed by atoms with Crippen LogP contribution in [0.1, 0.15) is 95.5 Å². The van der Waals surface area contributed by atoms with E-state index in [0.29, 0.717) is 11.6 Å². The second-order valence-electron chi connectivity index (χ2n) is 10.6. The van der Waals surface area contributed by atoms with Gasteiger partial charge in [0.2, 0.25) is 0 Å². The summed E-state index contributed by atoms with van der Waals surface area (Å²) >= 11 is 0. The second-order valence-corrected chi connectivity index (χ2v) is 10.6. The predicted octanol–water partition coefficient (Wildman–Crippen LogP) is 8.02. The van der Waals surface area contributed by atoms with Crippen molar-refractivity contribution in [3.05, 3.63) is 54.1 Å². The molecule has 5 nitrogen and oxygen atoms in total. The molecule has 2 aromatic carbocycles. The number of carbonyl (C=O) groups is 1. The maximum Gasteiger partial charge on any atom is 0.349 e. The Morgan fingerprint density at radius 3 is 1.97 bits per heavy atom. The Hall–Kier alpha value is -2.82. The monoisotopic (exact) mass is 472 g/mol. The number of benzene rings is 2. The topological polar surface area (TPSA) is 61.9 Å². The quantitative estimate of drug-likeness (QED) is 0.460. The number of nitrogen functional groups attached to an aromatic ring is 1. The first-order chi connectivity index (χ1) is 17.2. The number of fused-ring (bicyclic) bond motifs is 1. The molecule has 186 valence electrons. The molecule has 2 N–H and O–H groups in total. The summed E-state index contributed by atoms with van der Waals surface area (Å²) in [6.07, 6.45) is 16.9. The van der Waals surface area contributed by atoms with Crippen molar-refractivity contribution in [1.29, 1.82) is 0 Å². The Kier molecular flexibility index (Phi) is 7.70. The van der Waals surface area contributed by atoms with Crippen molar-refractivity contribution in [3.8, 4) is 0 Å². The third kappa shape index (κ3) is 5.39. The van der Waals surface area contributed by atoms with Crippen molar-refractivity contribution >= 4 is 28.8 Å². The van der Waals surface area contributed by atoms with Crippen LogP contribution >= 0.6 is 0 Å². The number of anilines is 3. The Morgan fingerprint density at radius 1 is 0.714 bits per heavy atom. The minimum atomic E-state index is -0.0323. The molecule has 0 radical (unpaired) electrons. The van der Waals surface area contributed by atoms with Gasteiger partial charge in [-0.1, -0.05) is 82.4 Å². The standard InChI is InChI=1S/C30H40N4O/c31-24-19-21-25(22-20-24)33-28-18-12-11-17-27(28)29(23-13-7-6-8-14-23)32-34(30(33)35)26-15-9-4-2-1-3-5-10-16-26/h11-12,17-23,26H,1-10,13-16,31H2. The number of urea groups is 1.